The van der Waals surface area contributed by atoms with E-state index in [0.717, 1.165) is 29.3 Å². The number of thiophene rings is 1. The third-order valence-corrected chi connectivity index (χ3v) is 6.30. The van der Waals surface area contributed by atoms with Gasteiger partial charge in [-0.15, -0.1) is 11.3 Å². The first-order chi connectivity index (χ1) is 10.0. The normalized spacial score (nSPS) is 25.4. The molecule has 3 rings (SSSR count). The quantitative estimate of drug-likeness (QED) is 0.918. The second kappa shape index (κ2) is 6.28. The van der Waals surface area contributed by atoms with Gasteiger partial charge in [0.1, 0.15) is 0 Å². The molecule has 2 atom stereocenters. The van der Waals surface area contributed by atoms with E-state index in [4.69, 9.17) is 0 Å². The van der Waals surface area contributed by atoms with Crippen LogP contribution in [0.15, 0.2) is 6.07 Å². The van der Waals surface area contributed by atoms with E-state index in [2.05, 4.69) is 11.0 Å². The SMILES string of the molecule is CN(C)CC1CC(O)CN1C(=O)c1cc2c(s1)CCSC2. The second-order valence-corrected chi connectivity index (χ2v) is 8.37. The number of carbonyl (C=O) groups excluding carboxylic acids is 1. The molecular formula is C15H22N2O2S2. The van der Waals surface area contributed by atoms with Crippen molar-refractivity contribution in [2.24, 2.45) is 0 Å². The predicted molar refractivity (Wildman–Crippen MR) is 88.2 cm³/mol. The summed E-state index contributed by atoms with van der Waals surface area (Å²) in [6, 6.07) is 2.20. The van der Waals surface area contributed by atoms with Gasteiger partial charge in [-0.1, -0.05) is 0 Å². The van der Waals surface area contributed by atoms with Gasteiger partial charge in [-0.25, -0.2) is 0 Å². The molecule has 0 aromatic carbocycles. The Morgan fingerprint density at radius 3 is 3.05 bits per heavy atom. The second-order valence-electron chi connectivity index (χ2n) is 6.12. The maximum Gasteiger partial charge on any atom is 0.264 e. The zero-order valence-electron chi connectivity index (χ0n) is 12.5. The van der Waals surface area contributed by atoms with E-state index in [9.17, 15) is 9.90 Å². The Bertz CT molecular complexity index is 506. The average Bonchev–Trinajstić information content (AvgIpc) is 3.00. The number of hydrogen-bond acceptors (Lipinski definition) is 5. The summed E-state index contributed by atoms with van der Waals surface area (Å²) in [7, 11) is 4.02. The summed E-state index contributed by atoms with van der Waals surface area (Å²) in [5.74, 6) is 2.29. The van der Waals surface area contributed by atoms with Crippen molar-refractivity contribution in [3.8, 4) is 0 Å². The number of aliphatic hydroxyl groups is 1. The van der Waals surface area contributed by atoms with Gasteiger partial charge in [0.25, 0.3) is 5.91 Å². The molecule has 0 radical (unpaired) electrons. The third-order valence-electron chi connectivity index (χ3n) is 4.07. The Balaban J connectivity index is 1.78. The summed E-state index contributed by atoms with van der Waals surface area (Å²) in [5, 5.41) is 9.93. The van der Waals surface area contributed by atoms with Crippen LogP contribution in [0.2, 0.25) is 0 Å². The van der Waals surface area contributed by atoms with Crippen molar-refractivity contribution in [2.75, 3.05) is 32.9 Å². The van der Waals surface area contributed by atoms with E-state index in [1.54, 1.807) is 11.3 Å². The van der Waals surface area contributed by atoms with Crippen molar-refractivity contribution < 1.29 is 9.90 Å². The first-order valence-electron chi connectivity index (χ1n) is 7.37. The van der Waals surface area contributed by atoms with Crippen molar-refractivity contribution in [3.05, 3.63) is 21.4 Å². The van der Waals surface area contributed by atoms with Crippen LogP contribution < -0.4 is 0 Å². The first-order valence-corrected chi connectivity index (χ1v) is 9.35. The lowest BCUT2D eigenvalue weighted by molar-refractivity contribution is 0.0704. The minimum Gasteiger partial charge on any atom is -0.391 e. The Hall–Kier alpha value is -0.560. The van der Waals surface area contributed by atoms with Crippen LogP contribution in [0.4, 0.5) is 0 Å². The largest absolute Gasteiger partial charge is 0.391 e. The maximum absolute atomic E-state index is 12.8. The molecule has 0 spiro atoms. The number of likely N-dealkylation sites (N-methyl/N-ethyl adjacent to an activating group) is 1. The molecule has 1 aromatic rings. The molecule has 2 aliphatic rings. The molecular weight excluding hydrogens is 304 g/mol. The molecule has 6 heteroatoms. The summed E-state index contributed by atoms with van der Waals surface area (Å²) in [6.07, 6.45) is 1.39. The predicted octanol–water partition coefficient (Wildman–Crippen LogP) is 1.67. The molecule has 116 valence electrons. The summed E-state index contributed by atoms with van der Waals surface area (Å²) in [5.41, 5.74) is 1.34. The van der Waals surface area contributed by atoms with Crippen molar-refractivity contribution >= 4 is 29.0 Å². The molecule has 21 heavy (non-hydrogen) atoms. The van der Waals surface area contributed by atoms with E-state index in [1.807, 2.05) is 30.8 Å². The van der Waals surface area contributed by atoms with Crippen molar-refractivity contribution in [2.45, 2.75) is 30.7 Å². The van der Waals surface area contributed by atoms with Gasteiger partial charge in [0.2, 0.25) is 0 Å². The van der Waals surface area contributed by atoms with Gasteiger partial charge < -0.3 is 14.9 Å². The van der Waals surface area contributed by atoms with Crippen molar-refractivity contribution in [1.29, 1.82) is 0 Å². The number of thioether (sulfide) groups is 1. The molecule has 1 N–H and O–H groups in total. The highest BCUT2D eigenvalue weighted by atomic mass is 32.2. The maximum atomic E-state index is 12.8. The molecule has 2 unspecified atom stereocenters. The monoisotopic (exact) mass is 326 g/mol. The van der Waals surface area contributed by atoms with Crippen LogP contribution in [0.5, 0.6) is 0 Å². The number of β-amino-alcohol motifs (C(OH)–C–C–N with tert-alkyl or cyclic N) is 1. The van der Waals surface area contributed by atoms with Gasteiger partial charge in [0, 0.05) is 29.8 Å². The fraction of sp³-hybridized carbons (Fsp3) is 0.667. The third kappa shape index (κ3) is 3.28. The number of aryl methyl sites for hydroxylation is 1. The highest BCUT2D eigenvalue weighted by molar-refractivity contribution is 7.98. The number of aliphatic hydroxyl groups excluding tert-OH is 1. The van der Waals surface area contributed by atoms with Crippen LogP contribution in [0.3, 0.4) is 0 Å². The highest BCUT2D eigenvalue weighted by Crippen LogP contribution is 2.33. The summed E-state index contributed by atoms with van der Waals surface area (Å²) in [6.45, 7) is 1.28. The smallest absolute Gasteiger partial charge is 0.264 e. The Labute approximate surface area is 134 Å². The Kier molecular flexibility index (Phi) is 4.59. The van der Waals surface area contributed by atoms with Crippen molar-refractivity contribution in [1.82, 2.24) is 9.80 Å². The average molecular weight is 326 g/mol. The lowest BCUT2D eigenvalue weighted by Crippen LogP contribution is -2.41. The summed E-state index contributed by atoms with van der Waals surface area (Å²) in [4.78, 5) is 19.0. The molecule has 4 nitrogen and oxygen atoms in total. The minimum absolute atomic E-state index is 0.0998. The van der Waals surface area contributed by atoms with Crippen LogP contribution in [0.25, 0.3) is 0 Å². The standard InChI is InChI=1S/C15H22N2O2S2/c1-16(2)7-11-6-12(18)8-17(11)15(19)14-5-10-9-20-4-3-13(10)21-14/h5,11-12,18H,3-4,6-9H2,1-2H3. The number of hydrogen-bond donors (Lipinski definition) is 1. The summed E-state index contributed by atoms with van der Waals surface area (Å²) < 4.78 is 0. The molecule has 1 amide bonds. The molecule has 1 fully saturated rings. The Morgan fingerprint density at radius 1 is 1.52 bits per heavy atom. The molecule has 2 aliphatic heterocycles. The van der Waals surface area contributed by atoms with Crippen LogP contribution in [-0.2, 0) is 12.2 Å². The lowest BCUT2D eigenvalue weighted by atomic mass is 10.2. The number of nitrogens with zero attached hydrogens (tertiary/aromatic N) is 2. The molecule has 0 bridgehead atoms. The van der Waals surface area contributed by atoms with Gasteiger partial charge in [-0.05, 0) is 44.3 Å². The van der Waals surface area contributed by atoms with Gasteiger partial charge >= 0.3 is 0 Å². The van der Waals surface area contributed by atoms with Gasteiger partial charge in [-0.3, -0.25) is 4.79 Å². The van der Waals surface area contributed by atoms with E-state index < -0.39 is 0 Å². The molecule has 0 saturated carbocycles. The zero-order valence-corrected chi connectivity index (χ0v) is 14.2. The number of fused-ring (bicyclic) bond motifs is 1. The van der Waals surface area contributed by atoms with Crippen LogP contribution in [0, 0.1) is 0 Å². The van der Waals surface area contributed by atoms with Crippen LogP contribution in [0.1, 0.15) is 26.5 Å². The van der Waals surface area contributed by atoms with Gasteiger partial charge in [0.05, 0.1) is 11.0 Å². The van der Waals surface area contributed by atoms with Gasteiger partial charge in [-0.2, -0.15) is 11.8 Å². The van der Waals surface area contributed by atoms with Gasteiger partial charge in [0.15, 0.2) is 0 Å². The van der Waals surface area contributed by atoms with E-state index in [1.165, 1.54) is 10.4 Å². The summed E-state index contributed by atoms with van der Waals surface area (Å²) >= 11 is 3.59. The number of carbonyl (C=O) groups is 1. The molecule has 1 saturated heterocycles. The fourth-order valence-electron chi connectivity index (χ4n) is 3.13. The number of rotatable bonds is 3. The fourth-order valence-corrected chi connectivity index (χ4v) is 5.46. The van der Waals surface area contributed by atoms with E-state index >= 15 is 0 Å². The van der Waals surface area contributed by atoms with E-state index in [-0.39, 0.29) is 18.1 Å². The lowest BCUT2D eigenvalue weighted by Gasteiger charge is -2.26. The molecule has 1 aromatic heterocycles. The molecule has 0 aliphatic carbocycles. The van der Waals surface area contributed by atoms with E-state index in [0.29, 0.717) is 13.0 Å². The topological polar surface area (TPSA) is 43.8 Å². The molecule has 3 heterocycles. The Morgan fingerprint density at radius 2 is 2.33 bits per heavy atom. The minimum atomic E-state index is -0.385. The number of amides is 1. The zero-order chi connectivity index (χ0) is 15.0. The van der Waals surface area contributed by atoms with Crippen LogP contribution in [-0.4, -0.2) is 65.9 Å². The number of likely N-dealkylation sites (tertiary alicyclic amines) is 1. The van der Waals surface area contributed by atoms with Crippen molar-refractivity contribution in [3.63, 3.8) is 0 Å². The highest BCUT2D eigenvalue weighted by Gasteiger charge is 2.35. The van der Waals surface area contributed by atoms with Crippen LogP contribution >= 0.6 is 23.1 Å². The first kappa shape index (κ1) is 15.3.